The van der Waals surface area contributed by atoms with Crippen LogP contribution < -0.4 is 10.9 Å². The second-order valence-corrected chi connectivity index (χ2v) is 12.2. The molecule has 2 heterocycles. The molecule has 11 heteroatoms. The average Bonchev–Trinajstić information content (AvgIpc) is 3.32. The molecule has 0 aliphatic heterocycles. The number of aliphatic hydroxyl groups is 1. The van der Waals surface area contributed by atoms with Gasteiger partial charge in [0.25, 0.3) is 11.5 Å². The Labute approximate surface area is 226 Å². The van der Waals surface area contributed by atoms with Gasteiger partial charge in [0.15, 0.2) is 9.84 Å². The van der Waals surface area contributed by atoms with Gasteiger partial charge in [0.05, 0.1) is 16.0 Å². The normalized spacial score (nSPS) is 13.9. The van der Waals surface area contributed by atoms with Gasteiger partial charge in [-0.05, 0) is 47.9 Å². The minimum atomic E-state index is -3.80. The van der Waals surface area contributed by atoms with Crippen LogP contribution in [0.25, 0.3) is 22.4 Å². The lowest BCUT2D eigenvalue weighted by atomic mass is 10.0. The van der Waals surface area contributed by atoms with E-state index < -0.39 is 32.3 Å². The number of benzene rings is 2. The molecule has 10 nitrogen and oxygen atoms in total. The number of nitrogens with one attached hydrogen (secondary N) is 1. The third-order valence-corrected chi connectivity index (χ3v) is 8.99. The van der Waals surface area contributed by atoms with E-state index in [9.17, 15) is 28.2 Å². The molecule has 0 spiro atoms. The number of pyridine rings is 1. The summed E-state index contributed by atoms with van der Waals surface area (Å²) in [6.45, 7) is 1.05. The maximum Gasteiger partial charge on any atom is 0.255 e. The molecule has 0 aliphatic rings. The third kappa shape index (κ3) is 5.94. The van der Waals surface area contributed by atoms with Gasteiger partial charge in [-0.15, -0.1) is 0 Å². The molecule has 204 valence electrons. The SMILES string of the molecule is Cn1nccc1-c1ccc(-c2ccn(C(O)CC(C)(CNC(=O)c3ccccc3O)S(C)(=O)=O)c(=O)c2)cc1. The highest BCUT2D eigenvalue weighted by molar-refractivity contribution is 7.92. The number of aryl methyl sites for hydroxylation is 1. The number of para-hydroxylation sites is 1. The molecule has 0 bridgehead atoms. The summed E-state index contributed by atoms with van der Waals surface area (Å²) in [6.07, 6.45) is 2.31. The number of aromatic nitrogens is 3. The summed E-state index contributed by atoms with van der Waals surface area (Å²) in [6, 6.07) is 18.4. The van der Waals surface area contributed by atoms with E-state index in [1.165, 1.54) is 31.3 Å². The minimum absolute atomic E-state index is 0.00550. The second kappa shape index (κ2) is 10.9. The van der Waals surface area contributed by atoms with Gasteiger partial charge in [-0.25, -0.2) is 8.42 Å². The van der Waals surface area contributed by atoms with E-state index in [2.05, 4.69) is 10.4 Å². The third-order valence-electron chi connectivity index (χ3n) is 6.89. The van der Waals surface area contributed by atoms with Crippen LogP contribution in [0.5, 0.6) is 5.75 Å². The summed E-state index contributed by atoms with van der Waals surface area (Å²) in [5.41, 5.74) is 2.84. The number of phenolic OH excluding ortho intramolecular Hbond substituents is 1. The van der Waals surface area contributed by atoms with Gasteiger partial charge in [0, 0.05) is 44.7 Å². The molecule has 4 rings (SSSR count). The number of aromatic hydroxyl groups is 1. The van der Waals surface area contributed by atoms with Gasteiger partial charge in [-0.3, -0.25) is 18.8 Å². The van der Waals surface area contributed by atoms with E-state index in [1.807, 2.05) is 37.4 Å². The van der Waals surface area contributed by atoms with Crippen LogP contribution in [0, 0.1) is 0 Å². The number of hydrogen-bond donors (Lipinski definition) is 3. The number of carbonyl (C=O) groups is 1. The van der Waals surface area contributed by atoms with Gasteiger partial charge in [-0.1, -0.05) is 36.4 Å². The van der Waals surface area contributed by atoms with Crippen molar-refractivity contribution in [3.63, 3.8) is 0 Å². The smallest absolute Gasteiger partial charge is 0.255 e. The number of sulfone groups is 1. The fourth-order valence-electron chi connectivity index (χ4n) is 4.27. The fourth-order valence-corrected chi connectivity index (χ4v) is 5.06. The standard InChI is InChI=1S/C28H30N4O6S/c1-28(39(3,37)38,18-29-27(36)22-6-4-5-7-24(22)33)17-26(35)32-15-13-21(16-25(32)34)19-8-10-20(11-9-19)23-12-14-30-31(23)2/h4-16,26,33,35H,17-18H2,1-3H3,(H,29,36). The average molecular weight is 551 g/mol. The quantitative estimate of drug-likeness (QED) is 0.291. The number of carbonyl (C=O) groups excluding carboxylic acids is 1. The van der Waals surface area contributed by atoms with Crippen LogP contribution in [-0.4, -0.2) is 56.4 Å². The van der Waals surface area contributed by atoms with Gasteiger partial charge >= 0.3 is 0 Å². The molecule has 2 aromatic carbocycles. The summed E-state index contributed by atoms with van der Waals surface area (Å²) < 4.78 is 26.6. The van der Waals surface area contributed by atoms with Gasteiger partial charge in [0.1, 0.15) is 12.0 Å². The summed E-state index contributed by atoms with van der Waals surface area (Å²) in [5.74, 6) is -0.900. The summed E-state index contributed by atoms with van der Waals surface area (Å²) in [7, 11) is -1.95. The lowest BCUT2D eigenvalue weighted by molar-refractivity contribution is 0.0767. The Morgan fingerprint density at radius 1 is 1.05 bits per heavy atom. The number of hydrogen-bond acceptors (Lipinski definition) is 7. The Hall–Kier alpha value is -4.22. The van der Waals surface area contributed by atoms with Crippen molar-refractivity contribution in [1.82, 2.24) is 19.7 Å². The van der Waals surface area contributed by atoms with Crippen LogP contribution in [0.15, 0.2) is 83.9 Å². The molecule has 2 aromatic heterocycles. The first-order chi connectivity index (χ1) is 18.4. The zero-order valence-electron chi connectivity index (χ0n) is 21.8. The van der Waals surface area contributed by atoms with Gasteiger partial charge < -0.3 is 15.5 Å². The van der Waals surface area contributed by atoms with Crippen LogP contribution >= 0.6 is 0 Å². The fraction of sp³-hybridized carbons (Fsp3) is 0.250. The topological polar surface area (TPSA) is 144 Å². The second-order valence-electron chi connectivity index (χ2n) is 9.68. The van der Waals surface area contributed by atoms with E-state index in [0.29, 0.717) is 5.56 Å². The van der Waals surface area contributed by atoms with Crippen LogP contribution in [0.3, 0.4) is 0 Å². The predicted molar refractivity (Wildman–Crippen MR) is 148 cm³/mol. The Kier molecular flexibility index (Phi) is 7.75. The molecule has 39 heavy (non-hydrogen) atoms. The van der Waals surface area contributed by atoms with Crippen molar-refractivity contribution >= 4 is 15.7 Å². The molecule has 0 aliphatic carbocycles. The van der Waals surface area contributed by atoms with E-state index in [0.717, 1.165) is 27.6 Å². The minimum Gasteiger partial charge on any atom is -0.507 e. The van der Waals surface area contributed by atoms with Crippen LogP contribution in [0.1, 0.15) is 29.9 Å². The Morgan fingerprint density at radius 2 is 1.72 bits per heavy atom. The molecular formula is C28H30N4O6S. The van der Waals surface area contributed by atoms with E-state index in [-0.39, 0.29) is 24.3 Å². The van der Waals surface area contributed by atoms with Crippen LogP contribution in [0.2, 0.25) is 0 Å². The molecule has 2 unspecified atom stereocenters. The number of aliphatic hydroxyl groups excluding tert-OH is 1. The van der Waals surface area contributed by atoms with Crippen molar-refractivity contribution in [2.45, 2.75) is 24.3 Å². The largest absolute Gasteiger partial charge is 0.507 e. The van der Waals surface area contributed by atoms with E-state index in [1.54, 1.807) is 29.1 Å². The van der Waals surface area contributed by atoms with Crippen molar-refractivity contribution in [2.24, 2.45) is 7.05 Å². The zero-order chi connectivity index (χ0) is 28.4. The Morgan fingerprint density at radius 3 is 2.31 bits per heavy atom. The lowest BCUT2D eigenvalue weighted by Crippen LogP contribution is -2.48. The first-order valence-electron chi connectivity index (χ1n) is 12.1. The highest BCUT2D eigenvalue weighted by atomic mass is 32.2. The molecule has 0 fully saturated rings. The van der Waals surface area contributed by atoms with Gasteiger partial charge in [0.2, 0.25) is 0 Å². The monoisotopic (exact) mass is 550 g/mol. The van der Waals surface area contributed by atoms with Crippen LogP contribution in [0.4, 0.5) is 0 Å². The van der Waals surface area contributed by atoms with Gasteiger partial charge in [-0.2, -0.15) is 5.10 Å². The molecule has 0 saturated heterocycles. The first-order valence-corrected chi connectivity index (χ1v) is 14.0. The zero-order valence-corrected chi connectivity index (χ0v) is 22.6. The molecular weight excluding hydrogens is 520 g/mol. The molecule has 3 N–H and O–H groups in total. The van der Waals surface area contributed by atoms with E-state index in [4.69, 9.17) is 0 Å². The number of phenols is 1. The summed E-state index contributed by atoms with van der Waals surface area (Å²) >= 11 is 0. The summed E-state index contributed by atoms with van der Waals surface area (Å²) in [4.78, 5) is 25.5. The molecule has 0 radical (unpaired) electrons. The van der Waals surface area contributed by atoms with Crippen molar-refractivity contribution in [3.05, 3.63) is 95.0 Å². The first kappa shape index (κ1) is 27.8. The van der Waals surface area contributed by atoms with Crippen molar-refractivity contribution in [1.29, 1.82) is 0 Å². The molecule has 1 amide bonds. The Balaban J connectivity index is 1.51. The van der Waals surface area contributed by atoms with E-state index >= 15 is 0 Å². The predicted octanol–water partition coefficient (Wildman–Crippen LogP) is 2.74. The highest BCUT2D eigenvalue weighted by Gasteiger charge is 2.39. The van der Waals surface area contributed by atoms with Crippen molar-refractivity contribution in [3.8, 4) is 28.1 Å². The lowest BCUT2D eigenvalue weighted by Gasteiger charge is -2.30. The number of nitrogens with zero attached hydrogens (tertiary/aromatic N) is 3. The number of rotatable bonds is 9. The van der Waals surface area contributed by atoms with Crippen molar-refractivity contribution < 1.29 is 23.4 Å². The molecule has 0 saturated carbocycles. The molecule has 4 aromatic rings. The number of amides is 1. The molecule has 2 atom stereocenters. The van der Waals surface area contributed by atoms with Crippen molar-refractivity contribution in [2.75, 3.05) is 12.8 Å². The maximum atomic E-state index is 12.9. The Bertz CT molecular complexity index is 1660. The highest BCUT2D eigenvalue weighted by Crippen LogP contribution is 2.28. The summed E-state index contributed by atoms with van der Waals surface area (Å²) in [5, 5.41) is 27.5. The maximum absolute atomic E-state index is 12.9. The van der Waals surface area contributed by atoms with Crippen LogP contribution in [-0.2, 0) is 16.9 Å².